The van der Waals surface area contributed by atoms with Crippen LogP contribution in [0.2, 0.25) is 0 Å². The molecule has 0 fully saturated rings. The summed E-state index contributed by atoms with van der Waals surface area (Å²) < 4.78 is 23.7. The number of nitrogens with zero attached hydrogens (tertiary/aromatic N) is 1. The lowest BCUT2D eigenvalue weighted by Crippen LogP contribution is -2.45. The molecule has 0 aromatic heterocycles. The Morgan fingerprint density at radius 1 is 0.523 bits per heavy atom. The number of unbranched alkanes of at least 4 members (excludes halogenated alkanes) is 34. The van der Waals surface area contributed by atoms with Crippen LogP contribution < -0.4 is 5.32 Å². The second kappa shape index (κ2) is 47.8. The van der Waals surface area contributed by atoms with E-state index < -0.39 is 20.0 Å². The van der Waals surface area contributed by atoms with Crippen molar-refractivity contribution >= 4 is 13.7 Å². The number of likely N-dealkylation sites (N-methyl/N-ethyl adjacent to an activating group) is 1. The van der Waals surface area contributed by atoms with Crippen molar-refractivity contribution in [3.05, 3.63) is 36.5 Å². The minimum absolute atomic E-state index is 0.0620. The molecule has 65 heavy (non-hydrogen) atoms. The van der Waals surface area contributed by atoms with Crippen molar-refractivity contribution in [1.82, 2.24) is 5.32 Å². The first kappa shape index (κ1) is 63.7. The fourth-order valence-electron chi connectivity index (χ4n) is 8.19. The number of phosphoric ester groups is 1. The van der Waals surface area contributed by atoms with E-state index in [2.05, 4.69) is 43.5 Å². The summed E-state index contributed by atoms with van der Waals surface area (Å²) in [4.78, 5) is 23.2. The highest BCUT2D eigenvalue weighted by Gasteiger charge is 2.27. The van der Waals surface area contributed by atoms with Crippen LogP contribution >= 0.6 is 7.82 Å². The molecule has 3 atom stereocenters. The zero-order valence-electron chi connectivity index (χ0n) is 43.7. The maximum atomic E-state index is 12.9. The lowest BCUT2D eigenvalue weighted by atomic mass is 10.0. The topological polar surface area (TPSA) is 105 Å². The third kappa shape index (κ3) is 50.4. The molecule has 0 bridgehead atoms. The SMILES string of the molecule is CCCCCCCCCCC/C=C\C/C=C\CCCCCCCCCCCCCCCC(=O)NC(COP(=O)(O)OCC[N+](C)(C)C)C(O)/C=C/CCCCCCCCCCCCCC. The fourth-order valence-corrected chi connectivity index (χ4v) is 8.93. The van der Waals surface area contributed by atoms with Crippen molar-refractivity contribution in [3.63, 3.8) is 0 Å². The Labute approximate surface area is 404 Å². The third-order valence-electron chi connectivity index (χ3n) is 12.6. The Balaban J connectivity index is 4.12. The van der Waals surface area contributed by atoms with Crippen LogP contribution in [0.4, 0.5) is 0 Å². The summed E-state index contributed by atoms with van der Waals surface area (Å²) in [5.41, 5.74) is 0. The van der Waals surface area contributed by atoms with E-state index in [4.69, 9.17) is 9.05 Å². The highest BCUT2D eigenvalue weighted by Crippen LogP contribution is 2.43. The van der Waals surface area contributed by atoms with Gasteiger partial charge in [0.15, 0.2) is 0 Å². The summed E-state index contributed by atoms with van der Waals surface area (Å²) in [6.45, 7) is 4.83. The molecule has 8 nitrogen and oxygen atoms in total. The minimum Gasteiger partial charge on any atom is -0.387 e. The molecule has 384 valence electrons. The molecule has 0 aromatic rings. The minimum atomic E-state index is -4.34. The highest BCUT2D eigenvalue weighted by atomic mass is 31.2. The van der Waals surface area contributed by atoms with Crippen molar-refractivity contribution in [2.45, 2.75) is 276 Å². The van der Waals surface area contributed by atoms with Crippen LogP contribution in [0.3, 0.4) is 0 Å². The number of aliphatic hydroxyl groups excluding tert-OH is 1. The molecule has 0 aromatic carbocycles. The van der Waals surface area contributed by atoms with E-state index >= 15 is 0 Å². The van der Waals surface area contributed by atoms with Gasteiger partial charge in [0.1, 0.15) is 13.2 Å². The summed E-state index contributed by atoms with van der Waals surface area (Å²) in [6.07, 6.45) is 61.0. The molecule has 0 rings (SSSR count). The molecule has 0 aliphatic carbocycles. The van der Waals surface area contributed by atoms with Crippen molar-refractivity contribution in [3.8, 4) is 0 Å². The lowest BCUT2D eigenvalue weighted by Gasteiger charge is -2.25. The van der Waals surface area contributed by atoms with Gasteiger partial charge >= 0.3 is 7.82 Å². The summed E-state index contributed by atoms with van der Waals surface area (Å²) >= 11 is 0. The number of aliphatic hydroxyl groups is 1. The molecule has 3 N–H and O–H groups in total. The molecule has 0 heterocycles. The van der Waals surface area contributed by atoms with Gasteiger partial charge in [0.2, 0.25) is 5.91 Å². The summed E-state index contributed by atoms with van der Waals surface area (Å²) in [5, 5.41) is 13.9. The van der Waals surface area contributed by atoms with E-state index in [9.17, 15) is 19.4 Å². The van der Waals surface area contributed by atoms with E-state index in [1.807, 2.05) is 27.2 Å². The smallest absolute Gasteiger partial charge is 0.387 e. The van der Waals surface area contributed by atoms with Gasteiger partial charge in [-0.2, -0.15) is 0 Å². The van der Waals surface area contributed by atoms with E-state index in [1.165, 1.54) is 199 Å². The predicted octanol–water partition coefficient (Wildman–Crippen LogP) is 16.6. The van der Waals surface area contributed by atoms with Crippen LogP contribution in [0.15, 0.2) is 36.5 Å². The van der Waals surface area contributed by atoms with Crippen LogP contribution in [-0.2, 0) is 18.4 Å². The molecule has 0 saturated carbocycles. The van der Waals surface area contributed by atoms with Crippen LogP contribution in [0, 0.1) is 0 Å². The van der Waals surface area contributed by atoms with Crippen molar-refractivity contribution in [2.75, 3.05) is 40.9 Å². The number of quaternary nitrogens is 1. The highest BCUT2D eigenvalue weighted by molar-refractivity contribution is 7.47. The number of hydrogen-bond acceptors (Lipinski definition) is 5. The third-order valence-corrected chi connectivity index (χ3v) is 13.6. The molecule has 9 heteroatoms. The van der Waals surface area contributed by atoms with Gasteiger partial charge in [-0.3, -0.25) is 13.8 Å². The molecule has 0 aliphatic rings. The maximum Gasteiger partial charge on any atom is 0.472 e. The fraction of sp³-hybridized carbons (Fsp3) is 0.875. The van der Waals surface area contributed by atoms with Crippen molar-refractivity contribution in [1.29, 1.82) is 0 Å². The van der Waals surface area contributed by atoms with Gasteiger partial charge in [0.05, 0.1) is 39.9 Å². The molecular formula is C56H110N2O6P+. The van der Waals surface area contributed by atoms with Gasteiger partial charge in [-0.1, -0.05) is 243 Å². The number of rotatable bonds is 51. The number of phosphoric acid groups is 1. The van der Waals surface area contributed by atoms with E-state index in [0.717, 1.165) is 44.9 Å². The van der Waals surface area contributed by atoms with Gasteiger partial charge in [0, 0.05) is 6.42 Å². The quantitative estimate of drug-likeness (QED) is 0.0243. The van der Waals surface area contributed by atoms with Gasteiger partial charge in [0.25, 0.3) is 0 Å². The summed E-state index contributed by atoms with van der Waals surface area (Å²) in [5.74, 6) is -0.176. The summed E-state index contributed by atoms with van der Waals surface area (Å²) in [7, 11) is 1.58. The summed E-state index contributed by atoms with van der Waals surface area (Å²) in [6, 6.07) is -0.845. The van der Waals surface area contributed by atoms with Crippen LogP contribution in [0.25, 0.3) is 0 Å². The number of allylic oxidation sites excluding steroid dienone is 5. The van der Waals surface area contributed by atoms with Gasteiger partial charge < -0.3 is 19.8 Å². The standard InChI is InChI=1S/C56H109N2O6P/c1-6-8-10-12-14-16-18-20-22-23-24-25-26-27-28-29-30-31-32-33-34-35-36-38-40-42-44-46-48-50-56(60)57-54(53-64-65(61,62)63-52-51-58(3,4)5)55(59)49-47-45-43-41-39-37-21-19-17-15-13-11-9-7-2/h24-25,27-28,47,49,54-55,59H,6-23,26,29-46,48,50-53H2,1-5H3,(H-,57,60,61,62)/p+1/b25-24-,28-27-,49-47+. The Bertz CT molecular complexity index is 1150. The molecular weight excluding hydrogens is 828 g/mol. The Kier molecular flexibility index (Phi) is 46.8. The number of amides is 1. The maximum absolute atomic E-state index is 12.9. The molecule has 0 aliphatic heterocycles. The Morgan fingerprint density at radius 3 is 1.26 bits per heavy atom. The van der Waals surface area contributed by atoms with Crippen molar-refractivity contribution < 1.29 is 32.9 Å². The zero-order valence-corrected chi connectivity index (χ0v) is 44.6. The average molecular weight is 938 g/mol. The first-order valence-electron chi connectivity index (χ1n) is 27.9. The second-order valence-electron chi connectivity index (χ2n) is 20.3. The zero-order chi connectivity index (χ0) is 47.8. The number of nitrogens with one attached hydrogen (secondary N) is 1. The molecule has 0 radical (unpaired) electrons. The molecule has 3 unspecified atom stereocenters. The first-order chi connectivity index (χ1) is 31.5. The van der Waals surface area contributed by atoms with Gasteiger partial charge in [-0.15, -0.1) is 0 Å². The largest absolute Gasteiger partial charge is 0.472 e. The predicted molar refractivity (Wildman–Crippen MR) is 281 cm³/mol. The van der Waals surface area contributed by atoms with Crippen LogP contribution in [-0.4, -0.2) is 73.4 Å². The normalized spacial score (nSPS) is 14.3. The number of carbonyl (C=O) groups excluding carboxylic acids is 1. The van der Waals surface area contributed by atoms with Gasteiger partial charge in [-0.25, -0.2) is 4.57 Å². The second-order valence-corrected chi connectivity index (χ2v) is 21.8. The lowest BCUT2D eigenvalue weighted by molar-refractivity contribution is -0.870. The molecule has 0 saturated heterocycles. The Morgan fingerprint density at radius 2 is 0.877 bits per heavy atom. The van der Waals surface area contributed by atoms with Crippen LogP contribution in [0.1, 0.15) is 264 Å². The molecule has 0 spiro atoms. The van der Waals surface area contributed by atoms with E-state index in [0.29, 0.717) is 17.4 Å². The van der Waals surface area contributed by atoms with E-state index in [1.54, 1.807) is 6.08 Å². The molecule has 1 amide bonds. The van der Waals surface area contributed by atoms with Crippen LogP contribution in [0.5, 0.6) is 0 Å². The monoisotopic (exact) mass is 938 g/mol. The van der Waals surface area contributed by atoms with Gasteiger partial charge in [-0.05, 0) is 51.4 Å². The number of carbonyl (C=O) groups is 1. The van der Waals surface area contributed by atoms with Crippen molar-refractivity contribution in [2.24, 2.45) is 0 Å². The first-order valence-corrected chi connectivity index (χ1v) is 29.4. The average Bonchev–Trinajstić information content (AvgIpc) is 3.26. The Hall–Kier alpha value is -1.28. The number of hydrogen-bond donors (Lipinski definition) is 3. The van der Waals surface area contributed by atoms with E-state index in [-0.39, 0.29) is 19.1 Å².